The van der Waals surface area contributed by atoms with Gasteiger partial charge in [-0.3, -0.25) is 5.41 Å². The highest BCUT2D eigenvalue weighted by Gasteiger charge is 2.26. The summed E-state index contributed by atoms with van der Waals surface area (Å²) in [6.07, 6.45) is 2.13. The SMILES string of the molecule is CN1CCN(c2cc(OC3CCCN(C(=O)OC(C)(C)C)CC3)cc(C(=N)N)n2)CC1. The number of amidine groups is 1. The molecule has 3 heterocycles. The van der Waals surface area contributed by atoms with E-state index in [0.29, 0.717) is 24.5 Å². The van der Waals surface area contributed by atoms with Gasteiger partial charge in [-0.1, -0.05) is 0 Å². The van der Waals surface area contributed by atoms with Gasteiger partial charge in [0, 0.05) is 57.8 Å². The molecule has 0 aliphatic carbocycles. The van der Waals surface area contributed by atoms with Crippen molar-refractivity contribution in [2.24, 2.45) is 5.73 Å². The molecule has 172 valence electrons. The third kappa shape index (κ3) is 6.72. The Hall–Kier alpha value is -2.55. The quantitative estimate of drug-likeness (QED) is 0.555. The highest BCUT2D eigenvalue weighted by Crippen LogP contribution is 2.25. The molecule has 2 aliphatic heterocycles. The molecule has 1 aromatic rings. The monoisotopic (exact) mass is 432 g/mol. The number of carbonyl (C=O) groups is 1. The van der Waals surface area contributed by atoms with Gasteiger partial charge in [0.2, 0.25) is 0 Å². The number of nitrogen functional groups attached to an aromatic ring is 1. The van der Waals surface area contributed by atoms with Gasteiger partial charge in [-0.15, -0.1) is 0 Å². The number of anilines is 1. The summed E-state index contributed by atoms with van der Waals surface area (Å²) in [6.45, 7) is 10.6. The van der Waals surface area contributed by atoms with Crippen molar-refractivity contribution < 1.29 is 14.3 Å². The van der Waals surface area contributed by atoms with Gasteiger partial charge in [0.25, 0.3) is 0 Å². The average molecular weight is 433 g/mol. The fraction of sp³-hybridized carbons (Fsp3) is 0.682. The molecule has 9 nitrogen and oxygen atoms in total. The zero-order valence-corrected chi connectivity index (χ0v) is 19.2. The highest BCUT2D eigenvalue weighted by atomic mass is 16.6. The van der Waals surface area contributed by atoms with E-state index in [2.05, 4.69) is 21.8 Å². The van der Waals surface area contributed by atoms with E-state index < -0.39 is 5.60 Å². The normalized spacial score (nSPS) is 20.8. The summed E-state index contributed by atoms with van der Waals surface area (Å²) in [7, 11) is 2.11. The summed E-state index contributed by atoms with van der Waals surface area (Å²) in [5.41, 5.74) is 5.67. The van der Waals surface area contributed by atoms with E-state index in [4.69, 9.17) is 20.6 Å². The van der Waals surface area contributed by atoms with Gasteiger partial charge in [-0.25, -0.2) is 9.78 Å². The molecule has 31 heavy (non-hydrogen) atoms. The second-order valence-electron chi connectivity index (χ2n) is 9.39. The van der Waals surface area contributed by atoms with Crippen LogP contribution in [0.4, 0.5) is 10.6 Å². The largest absolute Gasteiger partial charge is 0.490 e. The molecule has 3 rings (SSSR count). The van der Waals surface area contributed by atoms with E-state index in [9.17, 15) is 4.79 Å². The lowest BCUT2D eigenvalue weighted by molar-refractivity contribution is 0.0252. The fourth-order valence-corrected chi connectivity index (χ4v) is 3.78. The van der Waals surface area contributed by atoms with Crippen molar-refractivity contribution in [3.63, 3.8) is 0 Å². The maximum atomic E-state index is 12.4. The molecule has 1 amide bonds. The maximum Gasteiger partial charge on any atom is 0.410 e. The van der Waals surface area contributed by atoms with Crippen LogP contribution in [0.25, 0.3) is 0 Å². The number of likely N-dealkylation sites (N-methyl/N-ethyl adjacent to an activating group) is 1. The van der Waals surface area contributed by atoms with Crippen molar-refractivity contribution in [2.45, 2.75) is 51.7 Å². The molecule has 0 radical (unpaired) electrons. The van der Waals surface area contributed by atoms with Crippen LogP contribution in [-0.2, 0) is 4.74 Å². The molecule has 0 aromatic carbocycles. The van der Waals surface area contributed by atoms with Crippen LogP contribution in [0.5, 0.6) is 5.75 Å². The minimum absolute atomic E-state index is 0.0185. The Morgan fingerprint density at radius 3 is 2.48 bits per heavy atom. The first-order valence-corrected chi connectivity index (χ1v) is 11.1. The van der Waals surface area contributed by atoms with Crippen molar-refractivity contribution in [3.8, 4) is 5.75 Å². The van der Waals surface area contributed by atoms with Crippen molar-refractivity contribution in [1.29, 1.82) is 5.41 Å². The number of nitrogens with one attached hydrogen (secondary N) is 1. The van der Waals surface area contributed by atoms with Crippen LogP contribution in [0.2, 0.25) is 0 Å². The number of piperazine rings is 1. The maximum absolute atomic E-state index is 12.4. The Morgan fingerprint density at radius 2 is 1.84 bits per heavy atom. The summed E-state index contributed by atoms with van der Waals surface area (Å²) in [4.78, 5) is 23.2. The smallest absolute Gasteiger partial charge is 0.410 e. The first-order chi connectivity index (χ1) is 14.6. The Bertz CT molecular complexity index is 786. The molecule has 1 unspecified atom stereocenters. The molecule has 0 spiro atoms. The molecule has 3 N–H and O–H groups in total. The summed E-state index contributed by atoms with van der Waals surface area (Å²) < 4.78 is 11.8. The fourth-order valence-electron chi connectivity index (χ4n) is 3.78. The summed E-state index contributed by atoms with van der Waals surface area (Å²) >= 11 is 0. The van der Waals surface area contributed by atoms with Crippen LogP contribution in [0.3, 0.4) is 0 Å². The van der Waals surface area contributed by atoms with Crippen LogP contribution >= 0.6 is 0 Å². The number of nitrogens with zero attached hydrogens (tertiary/aromatic N) is 4. The van der Waals surface area contributed by atoms with E-state index in [-0.39, 0.29) is 18.0 Å². The summed E-state index contributed by atoms with van der Waals surface area (Å²) in [5.74, 6) is 1.39. The number of amides is 1. The third-order valence-corrected chi connectivity index (χ3v) is 5.52. The lowest BCUT2D eigenvalue weighted by Gasteiger charge is -2.33. The Labute approximate surface area is 185 Å². The summed E-state index contributed by atoms with van der Waals surface area (Å²) in [5, 5.41) is 7.85. The number of hydrogen-bond acceptors (Lipinski definition) is 7. The zero-order chi connectivity index (χ0) is 22.6. The molecule has 1 aromatic heterocycles. The van der Waals surface area contributed by atoms with Gasteiger partial charge < -0.3 is 29.9 Å². The Kier molecular flexibility index (Phi) is 7.25. The van der Waals surface area contributed by atoms with Crippen LogP contribution in [0.1, 0.15) is 45.7 Å². The lowest BCUT2D eigenvalue weighted by Crippen LogP contribution is -2.45. The molecule has 0 saturated carbocycles. The Balaban J connectivity index is 1.67. The van der Waals surface area contributed by atoms with Crippen molar-refractivity contribution >= 4 is 17.7 Å². The topological polar surface area (TPSA) is 108 Å². The number of ether oxygens (including phenoxy) is 2. The van der Waals surface area contributed by atoms with E-state index in [1.807, 2.05) is 26.8 Å². The van der Waals surface area contributed by atoms with Crippen molar-refractivity contribution in [1.82, 2.24) is 14.8 Å². The van der Waals surface area contributed by atoms with Gasteiger partial charge in [-0.05, 0) is 40.7 Å². The van der Waals surface area contributed by atoms with Crippen LogP contribution in [0, 0.1) is 5.41 Å². The third-order valence-electron chi connectivity index (χ3n) is 5.52. The van der Waals surface area contributed by atoms with Crippen molar-refractivity contribution in [3.05, 3.63) is 17.8 Å². The van der Waals surface area contributed by atoms with Crippen LogP contribution in [-0.4, -0.2) is 84.7 Å². The van der Waals surface area contributed by atoms with Crippen LogP contribution in [0.15, 0.2) is 12.1 Å². The first-order valence-electron chi connectivity index (χ1n) is 11.1. The van der Waals surface area contributed by atoms with Gasteiger partial charge in [0.05, 0.1) is 0 Å². The predicted molar refractivity (Wildman–Crippen MR) is 121 cm³/mol. The number of carbonyl (C=O) groups excluding carboxylic acids is 1. The first kappa shape index (κ1) is 23.1. The highest BCUT2D eigenvalue weighted by molar-refractivity contribution is 5.93. The molecule has 0 bridgehead atoms. The minimum Gasteiger partial charge on any atom is -0.490 e. The summed E-state index contributed by atoms with van der Waals surface area (Å²) in [6, 6.07) is 3.67. The minimum atomic E-state index is -0.501. The van der Waals surface area contributed by atoms with Gasteiger partial charge >= 0.3 is 6.09 Å². The standard InChI is InChI=1S/C22H36N6O3/c1-22(2,3)31-21(29)28-8-5-6-16(7-9-28)30-17-14-18(20(23)24)25-19(15-17)27-12-10-26(4)11-13-27/h14-16H,5-13H2,1-4H3,(H3,23,24). The number of hydrogen-bond donors (Lipinski definition) is 2. The van der Waals surface area contributed by atoms with Crippen LogP contribution < -0.4 is 15.4 Å². The molecule has 1 atom stereocenters. The number of likely N-dealkylation sites (tertiary alicyclic amines) is 1. The number of aromatic nitrogens is 1. The van der Waals surface area contributed by atoms with E-state index in [1.165, 1.54) is 0 Å². The number of nitrogens with two attached hydrogens (primary N) is 1. The average Bonchev–Trinajstić information content (AvgIpc) is 2.92. The van der Waals surface area contributed by atoms with Gasteiger partial charge in [0.1, 0.15) is 34.8 Å². The Morgan fingerprint density at radius 1 is 1.13 bits per heavy atom. The molecule has 2 saturated heterocycles. The second-order valence-corrected chi connectivity index (χ2v) is 9.39. The predicted octanol–water partition coefficient (Wildman–Crippen LogP) is 2.29. The van der Waals surface area contributed by atoms with Crippen molar-refractivity contribution in [2.75, 3.05) is 51.2 Å². The lowest BCUT2D eigenvalue weighted by atomic mass is 10.1. The zero-order valence-electron chi connectivity index (χ0n) is 19.2. The number of pyridine rings is 1. The molecular formula is C22H36N6O3. The number of rotatable bonds is 4. The second kappa shape index (κ2) is 9.72. The van der Waals surface area contributed by atoms with Gasteiger partial charge in [0.15, 0.2) is 0 Å². The molecular weight excluding hydrogens is 396 g/mol. The molecule has 2 aliphatic rings. The van der Waals surface area contributed by atoms with Gasteiger partial charge in [-0.2, -0.15) is 0 Å². The molecule has 9 heteroatoms. The van der Waals surface area contributed by atoms with E-state index >= 15 is 0 Å². The van der Waals surface area contributed by atoms with E-state index in [0.717, 1.165) is 51.3 Å². The molecule has 2 fully saturated rings. The van der Waals surface area contributed by atoms with E-state index in [1.54, 1.807) is 11.0 Å².